The van der Waals surface area contributed by atoms with E-state index in [0.29, 0.717) is 6.54 Å². The third-order valence-corrected chi connectivity index (χ3v) is 8.71. The minimum Gasteiger partial charge on any atom is -0.444 e. The monoisotopic (exact) mass is 696 g/mol. The number of likely N-dealkylation sites (tertiary alicyclic amines) is 2. The van der Waals surface area contributed by atoms with Crippen LogP contribution in [-0.4, -0.2) is 77.7 Å². The number of carbonyl (C=O) groups is 3. The molecule has 3 N–H and O–H groups in total. The van der Waals surface area contributed by atoms with Gasteiger partial charge in [0.2, 0.25) is 0 Å². The van der Waals surface area contributed by atoms with Crippen molar-refractivity contribution in [3.8, 4) is 0 Å². The van der Waals surface area contributed by atoms with Crippen LogP contribution in [0.2, 0.25) is 0 Å². The van der Waals surface area contributed by atoms with Crippen LogP contribution < -0.4 is 11.1 Å². The van der Waals surface area contributed by atoms with E-state index in [4.69, 9.17) is 15.2 Å². The molecule has 0 saturated carbocycles. The molecule has 4 aromatic rings. The summed E-state index contributed by atoms with van der Waals surface area (Å²) in [6.07, 6.45) is 4.54. The van der Waals surface area contributed by atoms with Crippen molar-refractivity contribution in [3.63, 3.8) is 0 Å². The Morgan fingerprint density at radius 3 is 1.75 bits per heavy atom. The summed E-state index contributed by atoms with van der Waals surface area (Å²) >= 11 is 0. The second-order valence-corrected chi connectivity index (χ2v) is 15.2. The molecule has 51 heavy (non-hydrogen) atoms. The largest absolute Gasteiger partial charge is 0.444 e. The summed E-state index contributed by atoms with van der Waals surface area (Å²) < 4.78 is 10.8. The smallest absolute Gasteiger partial charge is 0.410 e. The quantitative estimate of drug-likeness (QED) is 0.195. The van der Waals surface area contributed by atoms with Gasteiger partial charge < -0.3 is 30.3 Å². The van der Waals surface area contributed by atoms with Gasteiger partial charge >= 0.3 is 12.2 Å². The zero-order valence-corrected chi connectivity index (χ0v) is 31.2. The summed E-state index contributed by atoms with van der Waals surface area (Å²) in [7, 11) is 0. The number of rotatable bonds is 6. The van der Waals surface area contributed by atoms with E-state index in [0.717, 1.165) is 69.1 Å². The van der Waals surface area contributed by atoms with Crippen molar-refractivity contribution in [2.24, 2.45) is 5.73 Å². The lowest BCUT2D eigenvalue weighted by molar-refractivity contribution is 0.0218. The lowest BCUT2D eigenvalue weighted by Gasteiger charge is -2.28. The fourth-order valence-corrected chi connectivity index (χ4v) is 6.26. The lowest BCUT2D eigenvalue weighted by atomic mass is 10.1. The van der Waals surface area contributed by atoms with Gasteiger partial charge in [0.15, 0.2) is 0 Å². The molecule has 9 nitrogen and oxygen atoms in total. The van der Waals surface area contributed by atoms with Crippen molar-refractivity contribution in [2.75, 3.05) is 26.2 Å². The topological polar surface area (TPSA) is 114 Å². The minimum atomic E-state index is -0.442. The van der Waals surface area contributed by atoms with Crippen LogP contribution >= 0.6 is 0 Å². The molecule has 0 spiro atoms. The number of aldehydes is 1. The first-order chi connectivity index (χ1) is 24.3. The van der Waals surface area contributed by atoms with Crippen LogP contribution in [0.5, 0.6) is 0 Å². The average Bonchev–Trinajstić information content (AvgIpc) is 3.77. The maximum absolute atomic E-state index is 12.3. The molecule has 0 aromatic heterocycles. The fourth-order valence-electron chi connectivity index (χ4n) is 6.26. The van der Waals surface area contributed by atoms with Crippen LogP contribution in [0.1, 0.15) is 83.1 Å². The molecule has 0 bridgehead atoms. The van der Waals surface area contributed by atoms with Crippen LogP contribution in [0.15, 0.2) is 84.9 Å². The normalized spacial score (nSPS) is 17.3. The van der Waals surface area contributed by atoms with Gasteiger partial charge in [-0.05, 0) is 106 Å². The van der Waals surface area contributed by atoms with Gasteiger partial charge in [-0.15, -0.1) is 0 Å². The predicted octanol–water partition coefficient (Wildman–Crippen LogP) is 8.33. The number of nitrogens with one attached hydrogen (secondary N) is 1. The molecule has 0 aliphatic carbocycles. The summed E-state index contributed by atoms with van der Waals surface area (Å²) in [6, 6.07) is 29.0. The van der Waals surface area contributed by atoms with E-state index in [-0.39, 0.29) is 24.3 Å². The molecule has 2 aliphatic rings. The van der Waals surface area contributed by atoms with E-state index >= 15 is 0 Å². The Morgan fingerprint density at radius 1 is 0.725 bits per heavy atom. The van der Waals surface area contributed by atoms with Crippen LogP contribution in [-0.2, 0) is 16.0 Å². The predicted molar refractivity (Wildman–Crippen MR) is 206 cm³/mol. The Balaban J connectivity index is 0.000000189. The summed E-state index contributed by atoms with van der Waals surface area (Å²) in [5.41, 5.74) is 6.71. The highest BCUT2D eigenvalue weighted by molar-refractivity contribution is 5.88. The van der Waals surface area contributed by atoms with Crippen molar-refractivity contribution in [1.82, 2.24) is 15.1 Å². The molecule has 4 aromatic carbocycles. The van der Waals surface area contributed by atoms with E-state index in [1.165, 1.54) is 21.7 Å². The van der Waals surface area contributed by atoms with Gasteiger partial charge in [0.1, 0.15) is 17.5 Å². The SMILES string of the molecule is CC(C)(C)OC(=O)N1CCC[C@H]1CN.CC(C)(C)OC(=O)N1CCC[C@H]1CNCc1ccc2ccccc2c1.O=Cc1ccc2ccccc2c1. The van der Waals surface area contributed by atoms with Crippen LogP contribution in [0.4, 0.5) is 9.59 Å². The zero-order valence-electron chi connectivity index (χ0n) is 31.2. The highest BCUT2D eigenvalue weighted by Crippen LogP contribution is 2.22. The molecule has 2 atom stereocenters. The number of carbonyl (C=O) groups excluding carboxylic acids is 3. The van der Waals surface area contributed by atoms with Crippen molar-refractivity contribution >= 4 is 40.0 Å². The van der Waals surface area contributed by atoms with E-state index in [9.17, 15) is 14.4 Å². The third-order valence-electron chi connectivity index (χ3n) is 8.71. The highest BCUT2D eigenvalue weighted by atomic mass is 16.6. The number of hydrogen-bond donors (Lipinski definition) is 2. The van der Waals surface area contributed by atoms with Crippen LogP contribution in [0.25, 0.3) is 21.5 Å². The molecule has 2 saturated heterocycles. The number of amides is 2. The maximum Gasteiger partial charge on any atom is 0.410 e. The van der Waals surface area contributed by atoms with Crippen molar-refractivity contribution in [1.29, 1.82) is 0 Å². The Hall–Kier alpha value is -4.47. The molecule has 2 amide bonds. The minimum absolute atomic E-state index is 0.171. The second-order valence-electron chi connectivity index (χ2n) is 15.2. The molecule has 2 aliphatic heterocycles. The van der Waals surface area contributed by atoms with E-state index in [2.05, 4.69) is 47.8 Å². The van der Waals surface area contributed by atoms with Gasteiger partial charge in [-0.1, -0.05) is 72.8 Å². The second kappa shape index (κ2) is 18.1. The number of benzene rings is 4. The molecule has 0 radical (unpaired) electrons. The number of fused-ring (bicyclic) bond motifs is 2. The Labute approximate surface area is 303 Å². The van der Waals surface area contributed by atoms with Gasteiger partial charge in [-0.2, -0.15) is 0 Å². The number of ether oxygens (including phenoxy) is 2. The number of nitrogens with two attached hydrogens (primary N) is 1. The van der Waals surface area contributed by atoms with Crippen molar-refractivity contribution in [3.05, 3.63) is 96.1 Å². The molecular formula is C42H56N4O5. The summed E-state index contributed by atoms with van der Waals surface area (Å²) in [5.74, 6) is 0. The summed E-state index contributed by atoms with van der Waals surface area (Å²) in [4.78, 5) is 38.1. The van der Waals surface area contributed by atoms with Gasteiger partial charge in [-0.25, -0.2) is 9.59 Å². The Morgan fingerprint density at radius 2 is 1.22 bits per heavy atom. The molecule has 6 rings (SSSR count). The molecule has 2 heterocycles. The van der Waals surface area contributed by atoms with E-state index < -0.39 is 11.2 Å². The molecule has 2 fully saturated rings. The van der Waals surface area contributed by atoms with Gasteiger partial charge in [0.05, 0.1) is 0 Å². The standard InChI is InChI=1S/C21H28N2O2.C11H8O.C10H20N2O2/c1-21(2,3)25-20(24)23-12-6-9-19(23)15-22-14-16-10-11-17-7-4-5-8-18(17)13-16;12-8-9-5-6-10-3-1-2-4-11(10)7-9;1-10(2,3)14-9(13)12-6-4-5-8(12)7-11/h4-5,7-8,10-11,13,19,22H,6,9,12,14-15H2,1-3H3;1-8H;8H,4-7,11H2,1-3H3/t19-;;8-/m0.0/s1. The first-order valence-electron chi connectivity index (χ1n) is 18.1. The number of nitrogens with zero attached hydrogens (tertiary/aromatic N) is 2. The van der Waals surface area contributed by atoms with Gasteiger partial charge in [0, 0.05) is 50.4 Å². The van der Waals surface area contributed by atoms with Gasteiger partial charge in [-0.3, -0.25) is 4.79 Å². The Bertz CT molecular complexity index is 1740. The molecule has 274 valence electrons. The Kier molecular flexibility index (Phi) is 14.0. The van der Waals surface area contributed by atoms with E-state index in [1.807, 2.05) is 88.9 Å². The van der Waals surface area contributed by atoms with Crippen molar-refractivity contribution in [2.45, 2.75) is 97.1 Å². The maximum atomic E-state index is 12.3. The summed E-state index contributed by atoms with van der Waals surface area (Å²) in [5, 5.41) is 8.31. The van der Waals surface area contributed by atoms with Crippen molar-refractivity contribution < 1.29 is 23.9 Å². The first kappa shape index (κ1) is 39.3. The van der Waals surface area contributed by atoms with Crippen LogP contribution in [0.3, 0.4) is 0 Å². The molecule has 0 unspecified atom stereocenters. The molecule has 9 heteroatoms. The van der Waals surface area contributed by atoms with Crippen LogP contribution in [0, 0.1) is 0 Å². The third kappa shape index (κ3) is 12.4. The van der Waals surface area contributed by atoms with E-state index in [1.54, 1.807) is 4.90 Å². The summed E-state index contributed by atoms with van der Waals surface area (Å²) in [6.45, 7) is 15.0. The average molecular weight is 697 g/mol. The number of hydrogen-bond acceptors (Lipinski definition) is 7. The lowest BCUT2D eigenvalue weighted by Crippen LogP contribution is -2.44. The molecular weight excluding hydrogens is 640 g/mol. The first-order valence-corrected chi connectivity index (χ1v) is 18.1. The highest BCUT2D eigenvalue weighted by Gasteiger charge is 2.32. The fraction of sp³-hybridized carbons (Fsp3) is 0.452. The zero-order chi connectivity index (χ0) is 37.0. The van der Waals surface area contributed by atoms with Gasteiger partial charge in [0.25, 0.3) is 0 Å².